The Labute approximate surface area is 128 Å². The summed E-state index contributed by atoms with van der Waals surface area (Å²) in [7, 11) is 3.48. The van der Waals surface area contributed by atoms with Gasteiger partial charge in [0, 0.05) is 33.3 Å². The minimum Gasteiger partial charge on any atom is -0.376 e. The summed E-state index contributed by atoms with van der Waals surface area (Å²) < 4.78 is 5.60. The van der Waals surface area contributed by atoms with Crippen molar-refractivity contribution >= 4 is 11.9 Å². The first-order chi connectivity index (χ1) is 9.90. The van der Waals surface area contributed by atoms with Crippen molar-refractivity contribution in [1.29, 1.82) is 0 Å². The highest BCUT2D eigenvalue weighted by molar-refractivity contribution is 5.84. The predicted octanol–water partition coefficient (Wildman–Crippen LogP) is 0.833. The number of ether oxygens (including phenoxy) is 1. The fraction of sp³-hybridized carbons (Fsp3) is 0.867. The maximum Gasteiger partial charge on any atom is 0.243 e. The first-order valence-corrected chi connectivity index (χ1v) is 7.76. The summed E-state index contributed by atoms with van der Waals surface area (Å²) in [5.74, 6) is 1.16. The third-order valence-corrected chi connectivity index (χ3v) is 3.76. The van der Waals surface area contributed by atoms with E-state index < -0.39 is 0 Å². The number of likely N-dealkylation sites (N-methyl/N-ethyl adjacent to an activating group) is 1. The Morgan fingerprint density at radius 3 is 2.62 bits per heavy atom. The van der Waals surface area contributed by atoms with Crippen LogP contribution in [0.2, 0.25) is 0 Å². The lowest BCUT2D eigenvalue weighted by Gasteiger charge is -2.22. The second kappa shape index (κ2) is 8.87. The fourth-order valence-corrected chi connectivity index (χ4v) is 1.84. The van der Waals surface area contributed by atoms with Crippen molar-refractivity contribution in [1.82, 2.24) is 15.5 Å². The number of nitrogens with one attached hydrogen (secondary N) is 2. The van der Waals surface area contributed by atoms with Crippen LogP contribution in [0.25, 0.3) is 0 Å². The van der Waals surface area contributed by atoms with Gasteiger partial charge in [-0.15, -0.1) is 0 Å². The molecule has 2 atom stereocenters. The first kappa shape index (κ1) is 17.8. The topological polar surface area (TPSA) is 66.0 Å². The van der Waals surface area contributed by atoms with Gasteiger partial charge in [0.2, 0.25) is 5.91 Å². The molecule has 0 aliphatic carbocycles. The van der Waals surface area contributed by atoms with Gasteiger partial charge in [-0.2, -0.15) is 0 Å². The van der Waals surface area contributed by atoms with Crippen molar-refractivity contribution in [3.05, 3.63) is 0 Å². The Hall–Kier alpha value is -1.30. The normalized spacial score (nSPS) is 20.5. The van der Waals surface area contributed by atoms with Crippen LogP contribution >= 0.6 is 0 Å². The number of carbonyl (C=O) groups is 1. The summed E-state index contributed by atoms with van der Waals surface area (Å²) in [6.45, 7) is 8.14. The highest BCUT2D eigenvalue weighted by Crippen LogP contribution is 2.10. The van der Waals surface area contributed by atoms with Gasteiger partial charge in [0.15, 0.2) is 5.96 Å². The first-order valence-electron chi connectivity index (χ1n) is 7.76. The SMILES string of the molecule is CC(C)C(C)NC(=NCC(=O)N(C)C)NCC1CCCO1. The molecule has 1 heterocycles. The molecule has 1 rings (SSSR count). The number of hydrogen-bond donors (Lipinski definition) is 2. The van der Waals surface area contributed by atoms with Gasteiger partial charge in [0.1, 0.15) is 6.54 Å². The molecule has 1 saturated heterocycles. The smallest absolute Gasteiger partial charge is 0.243 e. The summed E-state index contributed by atoms with van der Waals surface area (Å²) in [6, 6.07) is 0.287. The van der Waals surface area contributed by atoms with E-state index in [2.05, 4.69) is 36.4 Å². The molecule has 21 heavy (non-hydrogen) atoms. The van der Waals surface area contributed by atoms with Crippen LogP contribution < -0.4 is 10.6 Å². The molecule has 6 nitrogen and oxygen atoms in total. The lowest BCUT2D eigenvalue weighted by Crippen LogP contribution is -2.46. The van der Waals surface area contributed by atoms with E-state index in [1.807, 2.05) is 0 Å². The number of carbonyl (C=O) groups excluding carboxylic acids is 1. The molecule has 0 radical (unpaired) electrons. The third-order valence-electron chi connectivity index (χ3n) is 3.76. The minimum atomic E-state index is -0.00887. The van der Waals surface area contributed by atoms with E-state index in [-0.39, 0.29) is 24.6 Å². The molecule has 1 aliphatic rings. The molecule has 0 aromatic carbocycles. The van der Waals surface area contributed by atoms with Gasteiger partial charge in [-0.1, -0.05) is 13.8 Å². The number of aliphatic imine (C=N–C) groups is 1. The van der Waals surface area contributed by atoms with Crippen molar-refractivity contribution in [2.24, 2.45) is 10.9 Å². The van der Waals surface area contributed by atoms with E-state index in [9.17, 15) is 4.79 Å². The van der Waals surface area contributed by atoms with Crippen LogP contribution in [0.5, 0.6) is 0 Å². The summed E-state index contributed by atoms with van der Waals surface area (Å²) in [5.41, 5.74) is 0. The van der Waals surface area contributed by atoms with E-state index in [0.29, 0.717) is 11.9 Å². The van der Waals surface area contributed by atoms with Gasteiger partial charge in [-0.3, -0.25) is 4.79 Å². The molecule has 1 fully saturated rings. The molecular formula is C15H30N4O2. The predicted molar refractivity (Wildman–Crippen MR) is 85.4 cm³/mol. The zero-order valence-electron chi connectivity index (χ0n) is 14.0. The molecule has 0 aromatic heterocycles. The van der Waals surface area contributed by atoms with Crippen LogP contribution in [-0.2, 0) is 9.53 Å². The molecule has 122 valence electrons. The molecule has 1 aliphatic heterocycles. The van der Waals surface area contributed by atoms with Gasteiger partial charge in [-0.25, -0.2) is 4.99 Å². The van der Waals surface area contributed by atoms with E-state index in [1.165, 1.54) is 0 Å². The number of amides is 1. The zero-order valence-corrected chi connectivity index (χ0v) is 14.0. The monoisotopic (exact) mass is 298 g/mol. The summed E-state index contributed by atoms with van der Waals surface area (Å²) in [6.07, 6.45) is 2.45. The van der Waals surface area contributed by atoms with Crippen molar-refractivity contribution in [3.63, 3.8) is 0 Å². The Morgan fingerprint density at radius 2 is 2.10 bits per heavy atom. The highest BCUT2D eigenvalue weighted by atomic mass is 16.5. The van der Waals surface area contributed by atoms with E-state index in [1.54, 1.807) is 19.0 Å². The van der Waals surface area contributed by atoms with Crippen LogP contribution in [0.1, 0.15) is 33.6 Å². The maximum atomic E-state index is 11.7. The van der Waals surface area contributed by atoms with Gasteiger partial charge < -0.3 is 20.3 Å². The fourth-order valence-electron chi connectivity index (χ4n) is 1.84. The maximum absolute atomic E-state index is 11.7. The van der Waals surface area contributed by atoms with E-state index >= 15 is 0 Å². The molecule has 0 aromatic rings. The van der Waals surface area contributed by atoms with Crippen LogP contribution in [0, 0.1) is 5.92 Å². The van der Waals surface area contributed by atoms with Gasteiger partial charge in [-0.05, 0) is 25.7 Å². The Bertz CT molecular complexity index is 350. The molecule has 0 spiro atoms. The van der Waals surface area contributed by atoms with Crippen molar-refractivity contribution in [2.45, 2.75) is 45.8 Å². The third kappa shape index (κ3) is 6.80. The average Bonchev–Trinajstić information content (AvgIpc) is 2.94. The van der Waals surface area contributed by atoms with Crippen molar-refractivity contribution in [2.75, 3.05) is 33.8 Å². The number of rotatable bonds is 6. The van der Waals surface area contributed by atoms with Crippen molar-refractivity contribution < 1.29 is 9.53 Å². The highest BCUT2D eigenvalue weighted by Gasteiger charge is 2.17. The summed E-state index contributed by atoms with van der Waals surface area (Å²) in [5, 5.41) is 6.63. The van der Waals surface area contributed by atoms with E-state index in [4.69, 9.17) is 4.74 Å². The quantitative estimate of drug-likeness (QED) is 0.563. The number of nitrogens with zero attached hydrogens (tertiary/aromatic N) is 2. The average molecular weight is 298 g/mol. The molecule has 0 saturated carbocycles. The van der Waals surface area contributed by atoms with Crippen LogP contribution in [0.15, 0.2) is 4.99 Å². The lowest BCUT2D eigenvalue weighted by atomic mass is 10.1. The Balaban J connectivity index is 2.55. The summed E-state index contributed by atoms with van der Waals surface area (Å²) in [4.78, 5) is 17.6. The standard InChI is InChI=1S/C15H30N4O2/c1-11(2)12(3)18-15(17-10-14(20)19(4)5)16-9-13-7-6-8-21-13/h11-13H,6-10H2,1-5H3,(H2,16,17,18). The molecule has 1 amide bonds. The van der Waals surface area contributed by atoms with E-state index in [0.717, 1.165) is 26.0 Å². The number of hydrogen-bond acceptors (Lipinski definition) is 3. The van der Waals surface area contributed by atoms with Gasteiger partial charge in [0.25, 0.3) is 0 Å². The second-order valence-electron chi connectivity index (χ2n) is 6.15. The molecule has 0 bridgehead atoms. The Kier molecular flexibility index (Phi) is 7.50. The number of guanidine groups is 1. The van der Waals surface area contributed by atoms with Gasteiger partial charge in [0.05, 0.1) is 6.10 Å². The molecular weight excluding hydrogens is 268 g/mol. The molecule has 2 N–H and O–H groups in total. The van der Waals surface area contributed by atoms with Crippen LogP contribution in [0.3, 0.4) is 0 Å². The minimum absolute atomic E-state index is 0.00887. The second-order valence-corrected chi connectivity index (χ2v) is 6.15. The van der Waals surface area contributed by atoms with Gasteiger partial charge >= 0.3 is 0 Å². The largest absolute Gasteiger partial charge is 0.376 e. The van der Waals surface area contributed by atoms with Crippen LogP contribution in [-0.4, -0.2) is 62.7 Å². The summed E-state index contributed by atoms with van der Waals surface area (Å²) >= 11 is 0. The Morgan fingerprint density at radius 1 is 1.38 bits per heavy atom. The molecule has 6 heteroatoms. The van der Waals surface area contributed by atoms with Crippen LogP contribution in [0.4, 0.5) is 0 Å². The lowest BCUT2D eigenvalue weighted by molar-refractivity contribution is -0.127. The zero-order chi connectivity index (χ0) is 15.8. The molecule has 2 unspecified atom stereocenters. The van der Waals surface area contributed by atoms with Crippen molar-refractivity contribution in [3.8, 4) is 0 Å².